The van der Waals surface area contributed by atoms with Gasteiger partial charge in [0.05, 0.1) is 23.4 Å². The number of nitrogens with zero attached hydrogens (tertiary/aromatic N) is 5. The standard InChI is InChI=1S/C17H19N5O2/c1-20-10-14(8-19-20)22-6-4-13-9-21(11-15(13)17(22)24)16(23)12-3-2-5-18-7-12/h2-3,5,7-8,10,13,15H,4,6,9,11H2,1H3. The highest BCUT2D eigenvalue weighted by Gasteiger charge is 2.44. The molecule has 124 valence electrons. The minimum atomic E-state index is -0.125. The average molecular weight is 325 g/mol. The Morgan fingerprint density at radius 3 is 2.88 bits per heavy atom. The van der Waals surface area contributed by atoms with Gasteiger partial charge in [0.1, 0.15) is 0 Å². The topological polar surface area (TPSA) is 71.3 Å². The number of hydrogen-bond donors (Lipinski definition) is 0. The van der Waals surface area contributed by atoms with E-state index in [1.807, 2.05) is 13.2 Å². The summed E-state index contributed by atoms with van der Waals surface area (Å²) in [5, 5.41) is 4.15. The van der Waals surface area contributed by atoms with Gasteiger partial charge < -0.3 is 9.80 Å². The van der Waals surface area contributed by atoms with Crippen molar-refractivity contribution in [3.8, 4) is 0 Å². The van der Waals surface area contributed by atoms with Crippen molar-refractivity contribution in [2.45, 2.75) is 6.42 Å². The Labute approximate surface area is 139 Å². The van der Waals surface area contributed by atoms with Crippen LogP contribution in [0.5, 0.6) is 0 Å². The van der Waals surface area contributed by atoms with E-state index < -0.39 is 0 Å². The summed E-state index contributed by atoms with van der Waals surface area (Å²) in [7, 11) is 1.84. The van der Waals surface area contributed by atoms with Gasteiger partial charge in [0.25, 0.3) is 5.91 Å². The van der Waals surface area contributed by atoms with Crippen LogP contribution in [0.25, 0.3) is 0 Å². The van der Waals surface area contributed by atoms with Gasteiger partial charge in [-0.25, -0.2) is 0 Å². The first-order chi connectivity index (χ1) is 11.6. The van der Waals surface area contributed by atoms with Crippen molar-refractivity contribution < 1.29 is 9.59 Å². The Kier molecular flexibility index (Phi) is 3.55. The van der Waals surface area contributed by atoms with Crippen molar-refractivity contribution in [1.82, 2.24) is 19.7 Å². The third kappa shape index (κ3) is 2.46. The number of anilines is 1. The number of amides is 2. The van der Waals surface area contributed by atoms with E-state index >= 15 is 0 Å². The van der Waals surface area contributed by atoms with Gasteiger partial charge in [-0.15, -0.1) is 0 Å². The van der Waals surface area contributed by atoms with Gasteiger partial charge in [0.15, 0.2) is 0 Å². The lowest BCUT2D eigenvalue weighted by Gasteiger charge is -2.32. The number of pyridine rings is 1. The Morgan fingerprint density at radius 2 is 2.17 bits per heavy atom. The Hall–Kier alpha value is -2.70. The summed E-state index contributed by atoms with van der Waals surface area (Å²) in [5.74, 6) is 0.171. The molecule has 2 atom stereocenters. The van der Waals surface area contributed by atoms with Crippen molar-refractivity contribution in [3.63, 3.8) is 0 Å². The number of aryl methyl sites for hydroxylation is 1. The quantitative estimate of drug-likeness (QED) is 0.824. The Balaban J connectivity index is 1.51. The summed E-state index contributed by atoms with van der Waals surface area (Å²) in [6, 6.07) is 3.52. The van der Waals surface area contributed by atoms with Crippen molar-refractivity contribution in [2.24, 2.45) is 18.9 Å². The molecule has 2 fully saturated rings. The second-order valence-electron chi connectivity index (χ2n) is 6.47. The lowest BCUT2D eigenvalue weighted by Crippen LogP contribution is -2.45. The smallest absolute Gasteiger partial charge is 0.255 e. The number of rotatable bonds is 2. The monoisotopic (exact) mass is 325 g/mol. The van der Waals surface area contributed by atoms with Crippen LogP contribution in [0, 0.1) is 11.8 Å². The van der Waals surface area contributed by atoms with Crippen molar-refractivity contribution in [1.29, 1.82) is 0 Å². The molecule has 0 bridgehead atoms. The SMILES string of the molecule is Cn1cc(N2CCC3CN(C(=O)c4cccnc4)CC3C2=O)cn1. The molecule has 2 aromatic heterocycles. The zero-order valence-corrected chi connectivity index (χ0v) is 13.5. The molecule has 7 heteroatoms. The molecule has 0 spiro atoms. The first kappa shape index (κ1) is 14.9. The molecule has 0 aromatic carbocycles. The summed E-state index contributed by atoms with van der Waals surface area (Å²) in [5.41, 5.74) is 1.41. The summed E-state index contributed by atoms with van der Waals surface area (Å²) in [4.78, 5) is 33.1. The number of piperidine rings is 1. The fourth-order valence-electron chi connectivity index (χ4n) is 3.69. The fourth-order valence-corrected chi connectivity index (χ4v) is 3.69. The van der Waals surface area contributed by atoms with Gasteiger partial charge >= 0.3 is 0 Å². The first-order valence-electron chi connectivity index (χ1n) is 8.13. The van der Waals surface area contributed by atoms with E-state index in [1.54, 1.807) is 45.2 Å². The van der Waals surface area contributed by atoms with Gasteiger partial charge in [0.2, 0.25) is 5.91 Å². The molecule has 0 aliphatic carbocycles. The van der Waals surface area contributed by atoms with Crippen molar-refractivity contribution >= 4 is 17.5 Å². The van der Waals surface area contributed by atoms with Crippen LogP contribution in [-0.2, 0) is 11.8 Å². The Morgan fingerprint density at radius 1 is 1.29 bits per heavy atom. The summed E-state index contributed by atoms with van der Waals surface area (Å²) in [6.07, 6.45) is 7.70. The van der Waals surface area contributed by atoms with Crippen molar-refractivity contribution in [3.05, 3.63) is 42.5 Å². The van der Waals surface area contributed by atoms with Crippen LogP contribution >= 0.6 is 0 Å². The Bertz CT molecular complexity index is 772. The molecule has 2 aromatic rings. The maximum Gasteiger partial charge on any atom is 0.255 e. The van der Waals surface area contributed by atoms with E-state index in [9.17, 15) is 9.59 Å². The number of hydrogen-bond acceptors (Lipinski definition) is 4. The third-order valence-electron chi connectivity index (χ3n) is 4.95. The molecule has 2 amide bonds. The summed E-state index contributed by atoms with van der Waals surface area (Å²) in [6.45, 7) is 1.81. The lowest BCUT2D eigenvalue weighted by molar-refractivity contribution is -0.124. The predicted octanol–water partition coefficient (Wildman–Crippen LogP) is 0.940. The molecular weight excluding hydrogens is 306 g/mol. The molecule has 7 nitrogen and oxygen atoms in total. The van der Waals surface area contributed by atoms with Crippen LogP contribution in [-0.4, -0.2) is 51.1 Å². The first-order valence-corrected chi connectivity index (χ1v) is 8.13. The van der Waals surface area contributed by atoms with Gasteiger partial charge in [-0.05, 0) is 24.5 Å². The van der Waals surface area contributed by atoms with Gasteiger partial charge in [-0.3, -0.25) is 19.3 Å². The molecule has 4 heterocycles. The summed E-state index contributed by atoms with van der Waals surface area (Å²) < 4.78 is 1.70. The predicted molar refractivity (Wildman–Crippen MR) is 87.3 cm³/mol. The van der Waals surface area contributed by atoms with Crippen LogP contribution in [0.15, 0.2) is 36.9 Å². The number of likely N-dealkylation sites (tertiary alicyclic amines) is 1. The molecule has 24 heavy (non-hydrogen) atoms. The van der Waals surface area contributed by atoms with E-state index in [2.05, 4.69) is 10.1 Å². The highest BCUT2D eigenvalue weighted by Crippen LogP contribution is 2.34. The van der Waals surface area contributed by atoms with Crippen LogP contribution in [0.4, 0.5) is 5.69 Å². The molecule has 2 aliphatic rings. The molecule has 0 saturated carbocycles. The van der Waals surface area contributed by atoms with Crippen LogP contribution in [0.2, 0.25) is 0 Å². The minimum absolute atomic E-state index is 0.0433. The van der Waals surface area contributed by atoms with Gasteiger partial charge in [-0.1, -0.05) is 0 Å². The average Bonchev–Trinajstić information content (AvgIpc) is 3.22. The largest absolute Gasteiger partial charge is 0.337 e. The maximum absolute atomic E-state index is 12.9. The molecular formula is C17H19N5O2. The van der Waals surface area contributed by atoms with Gasteiger partial charge in [-0.2, -0.15) is 5.10 Å². The van der Waals surface area contributed by atoms with E-state index in [0.29, 0.717) is 25.2 Å². The third-order valence-corrected chi connectivity index (χ3v) is 4.95. The zero-order chi connectivity index (χ0) is 16.7. The maximum atomic E-state index is 12.9. The molecule has 4 rings (SSSR count). The number of fused-ring (bicyclic) bond motifs is 1. The fraction of sp³-hybridized carbons (Fsp3) is 0.412. The second kappa shape index (κ2) is 5.74. The second-order valence-corrected chi connectivity index (χ2v) is 6.47. The highest BCUT2D eigenvalue weighted by atomic mass is 16.2. The van der Waals surface area contributed by atoms with E-state index in [0.717, 1.165) is 12.1 Å². The van der Waals surface area contributed by atoms with E-state index in [1.165, 1.54) is 0 Å². The van der Waals surface area contributed by atoms with Crippen LogP contribution < -0.4 is 4.90 Å². The zero-order valence-electron chi connectivity index (χ0n) is 13.5. The number of aromatic nitrogens is 3. The molecule has 2 aliphatic heterocycles. The number of carbonyl (C=O) groups is 2. The lowest BCUT2D eigenvalue weighted by atomic mass is 9.88. The van der Waals surface area contributed by atoms with E-state index in [4.69, 9.17) is 0 Å². The molecule has 2 unspecified atom stereocenters. The molecule has 0 radical (unpaired) electrons. The molecule has 0 N–H and O–H groups in total. The van der Waals surface area contributed by atoms with Crippen molar-refractivity contribution in [2.75, 3.05) is 24.5 Å². The highest BCUT2D eigenvalue weighted by molar-refractivity contribution is 5.98. The molecule has 2 saturated heterocycles. The van der Waals surface area contributed by atoms with E-state index in [-0.39, 0.29) is 23.7 Å². The van der Waals surface area contributed by atoms with Crippen LogP contribution in [0.1, 0.15) is 16.8 Å². The summed E-state index contributed by atoms with van der Waals surface area (Å²) >= 11 is 0. The van der Waals surface area contributed by atoms with Gasteiger partial charge in [0, 0.05) is 45.3 Å². The number of carbonyl (C=O) groups excluding carboxylic acids is 2. The normalized spacial score (nSPS) is 23.5. The minimum Gasteiger partial charge on any atom is -0.337 e. The van der Waals surface area contributed by atoms with Crippen LogP contribution in [0.3, 0.4) is 0 Å².